The third kappa shape index (κ3) is 2.10. The van der Waals surface area contributed by atoms with E-state index in [9.17, 15) is 5.11 Å². The van der Waals surface area contributed by atoms with Gasteiger partial charge in [0.2, 0.25) is 6.79 Å². The molecule has 1 aromatic rings. The van der Waals surface area contributed by atoms with Crippen molar-refractivity contribution in [3.63, 3.8) is 0 Å². The molecule has 0 bridgehead atoms. The molecular formula is C13H18O4. The first-order chi connectivity index (χ1) is 8.10. The van der Waals surface area contributed by atoms with E-state index < -0.39 is 0 Å². The normalized spacial score (nSPS) is 14.1. The highest BCUT2D eigenvalue weighted by Gasteiger charge is 2.28. The Labute approximate surface area is 101 Å². The Balaban J connectivity index is 2.52. The summed E-state index contributed by atoms with van der Waals surface area (Å²) in [4.78, 5) is 0. The molecule has 2 rings (SSSR count). The molecule has 1 aliphatic heterocycles. The summed E-state index contributed by atoms with van der Waals surface area (Å²) in [6.07, 6.45) is 0. The zero-order valence-corrected chi connectivity index (χ0v) is 10.4. The number of benzene rings is 1. The summed E-state index contributed by atoms with van der Waals surface area (Å²) in [5, 5.41) is 9.48. The van der Waals surface area contributed by atoms with Crippen LogP contribution in [0.3, 0.4) is 0 Å². The van der Waals surface area contributed by atoms with Crippen molar-refractivity contribution in [1.29, 1.82) is 0 Å². The second-order valence-electron chi connectivity index (χ2n) is 4.80. The lowest BCUT2D eigenvalue weighted by Crippen LogP contribution is -2.24. The molecule has 0 spiro atoms. The van der Waals surface area contributed by atoms with Crippen molar-refractivity contribution >= 4 is 0 Å². The highest BCUT2D eigenvalue weighted by atomic mass is 16.7. The van der Waals surface area contributed by atoms with E-state index in [1.165, 1.54) is 0 Å². The van der Waals surface area contributed by atoms with Crippen LogP contribution in [0.15, 0.2) is 12.1 Å². The lowest BCUT2D eigenvalue weighted by atomic mass is 9.82. The Kier molecular flexibility index (Phi) is 3.26. The second-order valence-corrected chi connectivity index (χ2v) is 4.80. The minimum absolute atomic E-state index is 0.0728. The predicted octanol–water partition coefficient (Wildman–Crippen LogP) is 1.83. The van der Waals surface area contributed by atoms with Gasteiger partial charge in [-0.3, -0.25) is 0 Å². The Morgan fingerprint density at radius 1 is 1.35 bits per heavy atom. The molecule has 0 aromatic heterocycles. The molecule has 1 N–H and O–H groups in total. The van der Waals surface area contributed by atoms with E-state index in [-0.39, 0.29) is 18.8 Å². The number of ether oxygens (including phenoxy) is 3. The predicted molar refractivity (Wildman–Crippen MR) is 63.4 cm³/mol. The van der Waals surface area contributed by atoms with Crippen molar-refractivity contribution in [3.05, 3.63) is 23.3 Å². The maximum Gasteiger partial charge on any atom is 0.231 e. The van der Waals surface area contributed by atoms with Gasteiger partial charge in [-0.25, -0.2) is 0 Å². The SMILES string of the molecule is COCc1c(C(C)(C)CO)ccc2c1OCO2. The monoisotopic (exact) mass is 238 g/mol. The van der Waals surface area contributed by atoms with Gasteiger partial charge in [-0.2, -0.15) is 0 Å². The summed E-state index contributed by atoms with van der Waals surface area (Å²) in [6.45, 7) is 4.75. The van der Waals surface area contributed by atoms with Crippen LogP contribution >= 0.6 is 0 Å². The fourth-order valence-corrected chi connectivity index (χ4v) is 2.04. The van der Waals surface area contributed by atoms with Crippen LogP contribution in [0.4, 0.5) is 0 Å². The van der Waals surface area contributed by atoms with Gasteiger partial charge < -0.3 is 19.3 Å². The van der Waals surface area contributed by atoms with E-state index in [1.54, 1.807) is 7.11 Å². The van der Waals surface area contributed by atoms with Gasteiger partial charge in [0.05, 0.1) is 13.2 Å². The molecule has 0 saturated carbocycles. The van der Waals surface area contributed by atoms with Gasteiger partial charge in [0.25, 0.3) is 0 Å². The van der Waals surface area contributed by atoms with Gasteiger partial charge in [-0.15, -0.1) is 0 Å². The number of hydrogen-bond acceptors (Lipinski definition) is 4. The Bertz CT molecular complexity index is 412. The first kappa shape index (κ1) is 12.2. The number of aliphatic hydroxyl groups is 1. The molecule has 0 unspecified atom stereocenters. The van der Waals surface area contributed by atoms with Crippen LogP contribution in [-0.4, -0.2) is 25.6 Å². The fraction of sp³-hybridized carbons (Fsp3) is 0.538. The molecule has 17 heavy (non-hydrogen) atoms. The van der Waals surface area contributed by atoms with E-state index in [0.29, 0.717) is 6.61 Å². The molecular weight excluding hydrogens is 220 g/mol. The van der Waals surface area contributed by atoms with E-state index in [4.69, 9.17) is 14.2 Å². The average molecular weight is 238 g/mol. The van der Waals surface area contributed by atoms with E-state index in [2.05, 4.69) is 0 Å². The first-order valence-electron chi connectivity index (χ1n) is 5.62. The van der Waals surface area contributed by atoms with Crippen molar-refractivity contribution in [2.45, 2.75) is 25.9 Å². The van der Waals surface area contributed by atoms with Crippen LogP contribution in [0.25, 0.3) is 0 Å². The van der Waals surface area contributed by atoms with Crippen LogP contribution < -0.4 is 9.47 Å². The van der Waals surface area contributed by atoms with Crippen molar-refractivity contribution in [2.75, 3.05) is 20.5 Å². The van der Waals surface area contributed by atoms with E-state index >= 15 is 0 Å². The fourth-order valence-electron chi connectivity index (χ4n) is 2.04. The van der Waals surface area contributed by atoms with Crippen LogP contribution in [0.1, 0.15) is 25.0 Å². The minimum Gasteiger partial charge on any atom is -0.454 e. The number of hydrogen-bond donors (Lipinski definition) is 1. The summed E-state index contributed by atoms with van der Waals surface area (Å²) in [7, 11) is 1.64. The maximum atomic E-state index is 9.48. The van der Waals surface area contributed by atoms with Gasteiger partial charge in [-0.1, -0.05) is 19.9 Å². The van der Waals surface area contributed by atoms with Crippen molar-refractivity contribution < 1.29 is 19.3 Å². The van der Waals surface area contributed by atoms with Gasteiger partial charge in [0, 0.05) is 18.1 Å². The number of methoxy groups -OCH3 is 1. The molecule has 0 fully saturated rings. The molecule has 0 amide bonds. The summed E-state index contributed by atoms with van der Waals surface area (Å²) in [5.41, 5.74) is 1.67. The quantitative estimate of drug-likeness (QED) is 0.869. The maximum absolute atomic E-state index is 9.48. The molecule has 1 heterocycles. The minimum atomic E-state index is -0.325. The van der Waals surface area contributed by atoms with Crippen LogP contribution in [-0.2, 0) is 16.8 Å². The highest BCUT2D eigenvalue weighted by Crippen LogP contribution is 2.41. The molecule has 0 aliphatic carbocycles. The third-order valence-electron chi connectivity index (χ3n) is 3.06. The van der Waals surface area contributed by atoms with Crippen LogP contribution in [0, 0.1) is 0 Å². The van der Waals surface area contributed by atoms with Crippen LogP contribution in [0.5, 0.6) is 11.5 Å². The largest absolute Gasteiger partial charge is 0.454 e. The van der Waals surface area contributed by atoms with E-state index in [1.807, 2.05) is 26.0 Å². The van der Waals surface area contributed by atoms with Gasteiger partial charge in [-0.05, 0) is 11.6 Å². The molecule has 4 heteroatoms. The standard InChI is InChI=1S/C13H18O4/c1-13(2,7-14)10-4-5-11-12(17-8-16-11)9(10)6-15-3/h4-5,14H,6-8H2,1-3H3. The van der Waals surface area contributed by atoms with Crippen LogP contribution in [0.2, 0.25) is 0 Å². The number of rotatable bonds is 4. The topological polar surface area (TPSA) is 47.9 Å². The zero-order chi connectivity index (χ0) is 12.5. The molecule has 94 valence electrons. The van der Waals surface area contributed by atoms with Crippen molar-refractivity contribution in [2.24, 2.45) is 0 Å². The Morgan fingerprint density at radius 2 is 2.12 bits per heavy atom. The van der Waals surface area contributed by atoms with E-state index in [0.717, 1.165) is 22.6 Å². The number of aliphatic hydroxyl groups excluding tert-OH is 1. The Hall–Kier alpha value is -1.26. The third-order valence-corrected chi connectivity index (χ3v) is 3.06. The molecule has 4 nitrogen and oxygen atoms in total. The zero-order valence-electron chi connectivity index (χ0n) is 10.4. The smallest absolute Gasteiger partial charge is 0.231 e. The van der Waals surface area contributed by atoms with Gasteiger partial charge in [0.15, 0.2) is 11.5 Å². The number of fused-ring (bicyclic) bond motifs is 1. The Morgan fingerprint density at radius 3 is 2.76 bits per heavy atom. The van der Waals surface area contributed by atoms with Gasteiger partial charge >= 0.3 is 0 Å². The lowest BCUT2D eigenvalue weighted by Gasteiger charge is -2.26. The summed E-state index contributed by atoms with van der Waals surface area (Å²) < 4.78 is 16.0. The highest BCUT2D eigenvalue weighted by molar-refractivity contribution is 5.53. The molecule has 1 aromatic carbocycles. The molecule has 0 saturated heterocycles. The lowest BCUT2D eigenvalue weighted by molar-refractivity contribution is 0.160. The summed E-state index contributed by atoms with van der Waals surface area (Å²) in [5.74, 6) is 1.49. The first-order valence-corrected chi connectivity index (χ1v) is 5.62. The van der Waals surface area contributed by atoms with Crippen molar-refractivity contribution in [1.82, 2.24) is 0 Å². The second kappa shape index (κ2) is 4.55. The molecule has 0 radical (unpaired) electrons. The molecule has 0 atom stereocenters. The summed E-state index contributed by atoms with van der Waals surface area (Å²) >= 11 is 0. The summed E-state index contributed by atoms with van der Waals surface area (Å²) in [6, 6.07) is 3.85. The average Bonchev–Trinajstić information content (AvgIpc) is 2.78. The molecule has 1 aliphatic rings. The van der Waals surface area contributed by atoms with Gasteiger partial charge in [0.1, 0.15) is 0 Å². The van der Waals surface area contributed by atoms with Crippen molar-refractivity contribution in [3.8, 4) is 11.5 Å².